The van der Waals surface area contributed by atoms with Crippen molar-refractivity contribution in [3.05, 3.63) is 68.6 Å². The molecule has 0 aromatic heterocycles. The van der Waals surface area contributed by atoms with Gasteiger partial charge in [-0.3, -0.25) is 9.59 Å². The number of hydrogen-bond donors (Lipinski definition) is 2. The normalized spacial score (nSPS) is 11.0. The first-order chi connectivity index (χ1) is 12.5. The van der Waals surface area contributed by atoms with Crippen LogP contribution in [-0.4, -0.2) is 24.2 Å². The lowest BCUT2D eigenvalue weighted by atomic mass is 10.2. The van der Waals surface area contributed by atoms with E-state index in [9.17, 15) is 9.59 Å². The van der Waals surface area contributed by atoms with E-state index in [2.05, 4.69) is 52.9 Å². The van der Waals surface area contributed by atoms with Crippen molar-refractivity contribution in [2.75, 3.05) is 0 Å². The van der Waals surface area contributed by atoms with Gasteiger partial charge in [0.25, 0.3) is 0 Å². The van der Waals surface area contributed by atoms with Gasteiger partial charge in [-0.15, -0.1) is 0 Å². The number of benzene rings is 2. The second-order valence-electron chi connectivity index (χ2n) is 5.20. The highest BCUT2D eigenvalue weighted by Gasteiger charge is 2.05. The molecular weight excluding hydrogens is 464 g/mol. The van der Waals surface area contributed by atoms with Gasteiger partial charge in [-0.1, -0.05) is 56.1 Å². The molecule has 6 nitrogen and oxygen atoms in total. The summed E-state index contributed by atoms with van der Waals surface area (Å²) in [6, 6.07) is 15.0. The molecule has 0 aliphatic heterocycles. The molecule has 8 heteroatoms. The molecule has 2 N–H and O–H groups in total. The zero-order valence-electron chi connectivity index (χ0n) is 13.7. The summed E-state index contributed by atoms with van der Waals surface area (Å²) in [6.07, 6.45) is 3.11. The fourth-order valence-electron chi connectivity index (χ4n) is 1.87. The smallest absolute Gasteiger partial charge is 0.240 e. The largest absolute Gasteiger partial charge is 0.273 e. The van der Waals surface area contributed by atoms with Gasteiger partial charge in [-0.25, -0.2) is 10.9 Å². The molecule has 0 radical (unpaired) electrons. The minimum Gasteiger partial charge on any atom is -0.273 e. The standard InChI is InChI=1S/C18H16Br2N4O2/c19-15-5-1-3-13(9-15)11-21-23-17(25)7-8-18(26)24-22-12-14-4-2-6-16(20)10-14/h1-6,9-12H,7-8H2,(H,23,25)(H,24,26)/b21-11+,22-12+. The van der Waals surface area contributed by atoms with E-state index in [1.54, 1.807) is 0 Å². The van der Waals surface area contributed by atoms with Gasteiger partial charge in [-0.05, 0) is 35.4 Å². The fraction of sp³-hybridized carbons (Fsp3) is 0.111. The zero-order valence-corrected chi connectivity index (χ0v) is 16.8. The predicted molar refractivity (Wildman–Crippen MR) is 109 cm³/mol. The highest BCUT2D eigenvalue weighted by Crippen LogP contribution is 2.10. The first-order valence-corrected chi connectivity index (χ1v) is 9.26. The summed E-state index contributed by atoms with van der Waals surface area (Å²) in [5.41, 5.74) is 6.46. The van der Waals surface area contributed by atoms with E-state index in [1.807, 2.05) is 48.5 Å². The van der Waals surface area contributed by atoms with Crippen LogP contribution < -0.4 is 10.9 Å². The van der Waals surface area contributed by atoms with E-state index in [4.69, 9.17) is 0 Å². The molecule has 134 valence electrons. The third kappa shape index (κ3) is 7.71. The Hall–Kier alpha value is -2.32. The molecule has 0 aliphatic rings. The number of carbonyl (C=O) groups is 2. The van der Waals surface area contributed by atoms with Crippen LogP contribution in [0.5, 0.6) is 0 Å². The summed E-state index contributed by atoms with van der Waals surface area (Å²) in [6.45, 7) is 0. The molecule has 2 rings (SSSR count). The van der Waals surface area contributed by atoms with Crippen molar-refractivity contribution in [1.29, 1.82) is 0 Å². The van der Waals surface area contributed by atoms with Gasteiger partial charge in [0.2, 0.25) is 11.8 Å². The molecule has 0 saturated carbocycles. The quantitative estimate of drug-likeness (QED) is 0.469. The van der Waals surface area contributed by atoms with Crippen molar-refractivity contribution in [2.45, 2.75) is 12.8 Å². The van der Waals surface area contributed by atoms with Gasteiger partial charge >= 0.3 is 0 Å². The Balaban J connectivity index is 1.69. The highest BCUT2D eigenvalue weighted by atomic mass is 79.9. The third-order valence-electron chi connectivity index (χ3n) is 3.08. The van der Waals surface area contributed by atoms with E-state index < -0.39 is 0 Å². The zero-order chi connectivity index (χ0) is 18.8. The fourth-order valence-corrected chi connectivity index (χ4v) is 2.70. The Kier molecular flexibility index (Phi) is 8.17. The second-order valence-corrected chi connectivity index (χ2v) is 7.03. The van der Waals surface area contributed by atoms with Gasteiger partial charge in [0.1, 0.15) is 0 Å². The Morgan fingerprint density at radius 3 is 1.62 bits per heavy atom. The number of amides is 2. The van der Waals surface area contributed by atoms with Crippen molar-refractivity contribution in [1.82, 2.24) is 10.9 Å². The van der Waals surface area contributed by atoms with Crippen LogP contribution in [0.15, 0.2) is 67.7 Å². The number of halogens is 2. The minimum atomic E-state index is -0.345. The van der Waals surface area contributed by atoms with Gasteiger partial charge < -0.3 is 0 Å². The maximum Gasteiger partial charge on any atom is 0.240 e. The van der Waals surface area contributed by atoms with E-state index in [0.717, 1.165) is 20.1 Å². The Bertz CT molecular complexity index is 768. The van der Waals surface area contributed by atoms with Crippen LogP contribution in [0.4, 0.5) is 0 Å². The third-order valence-corrected chi connectivity index (χ3v) is 4.07. The molecule has 0 saturated heterocycles. The highest BCUT2D eigenvalue weighted by molar-refractivity contribution is 9.10. The van der Waals surface area contributed by atoms with Crippen LogP contribution in [0.3, 0.4) is 0 Å². The number of carbonyl (C=O) groups excluding carboxylic acids is 2. The topological polar surface area (TPSA) is 82.9 Å². The Labute approximate surface area is 168 Å². The molecule has 0 aliphatic carbocycles. The summed E-state index contributed by atoms with van der Waals surface area (Å²) in [5.74, 6) is -0.690. The average molecular weight is 480 g/mol. The maximum absolute atomic E-state index is 11.7. The molecule has 2 aromatic carbocycles. The van der Waals surface area contributed by atoms with Crippen LogP contribution in [0.25, 0.3) is 0 Å². The van der Waals surface area contributed by atoms with Crippen LogP contribution in [0.2, 0.25) is 0 Å². The van der Waals surface area contributed by atoms with Crippen molar-refractivity contribution in [3.63, 3.8) is 0 Å². The van der Waals surface area contributed by atoms with Crippen LogP contribution in [0.1, 0.15) is 24.0 Å². The van der Waals surface area contributed by atoms with E-state index >= 15 is 0 Å². The maximum atomic E-state index is 11.7. The van der Waals surface area contributed by atoms with Crippen molar-refractivity contribution >= 4 is 56.1 Å². The lowest BCUT2D eigenvalue weighted by Gasteiger charge is -2.00. The van der Waals surface area contributed by atoms with E-state index in [0.29, 0.717) is 0 Å². The molecular formula is C18H16Br2N4O2. The summed E-state index contributed by atoms with van der Waals surface area (Å²) in [4.78, 5) is 23.4. The minimum absolute atomic E-state index is 0.0219. The number of hydrogen-bond acceptors (Lipinski definition) is 4. The van der Waals surface area contributed by atoms with Gasteiger partial charge in [0, 0.05) is 21.8 Å². The number of rotatable bonds is 7. The number of nitrogens with one attached hydrogen (secondary N) is 2. The number of nitrogens with zero attached hydrogens (tertiary/aromatic N) is 2. The summed E-state index contributed by atoms with van der Waals surface area (Å²) in [5, 5.41) is 7.72. The molecule has 2 amide bonds. The van der Waals surface area contributed by atoms with Gasteiger partial charge in [-0.2, -0.15) is 10.2 Å². The molecule has 0 spiro atoms. The monoisotopic (exact) mass is 478 g/mol. The molecule has 0 heterocycles. The first kappa shape index (κ1) is 20.0. The van der Waals surface area contributed by atoms with Crippen molar-refractivity contribution < 1.29 is 9.59 Å². The molecule has 0 atom stereocenters. The second kappa shape index (κ2) is 10.6. The van der Waals surface area contributed by atoms with Crippen molar-refractivity contribution in [2.24, 2.45) is 10.2 Å². The number of hydrazone groups is 2. The lowest BCUT2D eigenvalue weighted by Crippen LogP contribution is -2.22. The Morgan fingerprint density at radius 2 is 1.23 bits per heavy atom. The van der Waals surface area contributed by atoms with Crippen molar-refractivity contribution in [3.8, 4) is 0 Å². The molecule has 26 heavy (non-hydrogen) atoms. The predicted octanol–water partition coefficient (Wildman–Crippen LogP) is 3.59. The Morgan fingerprint density at radius 1 is 0.808 bits per heavy atom. The molecule has 0 bridgehead atoms. The SMILES string of the molecule is O=C(CCC(=O)N/N=C/c1cccc(Br)c1)N/N=C/c1cccc(Br)c1. The van der Waals surface area contributed by atoms with Gasteiger partial charge in [0.15, 0.2) is 0 Å². The van der Waals surface area contributed by atoms with Crippen LogP contribution in [0, 0.1) is 0 Å². The van der Waals surface area contributed by atoms with E-state index in [1.165, 1.54) is 12.4 Å². The first-order valence-electron chi connectivity index (χ1n) is 7.68. The lowest BCUT2D eigenvalue weighted by molar-refractivity contribution is -0.126. The summed E-state index contributed by atoms with van der Waals surface area (Å²) >= 11 is 6.71. The molecule has 0 unspecified atom stereocenters. The summed E-state index contributed by atoms with van der Waals surface area (Å²) < 4.78 is 1.85. The van der Waals surface area contributed by atoms with E-state index in [-0.39, 0.29) is 24.7 Å². The van der Waals surface area contributed by atoms with Crippen LogP contribution >= 0.6 is 31.9 Å². The average Bonchev–Trinajstić information content (AvgIpc) is 2.60. The van der Waals surface area contributed by atoms with Crippen LogP contribution in [-0.2, 0) is 9.59 Å². The molecule has 0 fully saturated rings. The molecule has 2 aromatic rings. The summed E-state index contributed by atoms with van der Waals surface area (Å²) in [7, 11) is 0. The van der Waals surface area contributed by atoms with Gasteiger partial charge in [0.05, 0.1) is 12.4 Å².